The second-order valence-corrected chi connectivity index (χ2v) is 16.3. The first-order valence-corrected chi connectivity index (χ1v) is 20.8. The number of carbonyl (C=O) groups excluding carboxylic acids is 1. The van der Waals surface area contributed by atoms with Gasteiger partial charge in [-0.15, -0.1) is 0 Å². The summed E-state index contributed by atoms with van der Waals surface area (Å²) in [6.07, 6.45) is 5.13. The van der Waals surface area contributed by atoms with Crippen LogP contribution in [0.5, 0.6) is 11.5 Å². The molecule has 2 aliphatic rings. The fraction of sp³-hybridized carbons (Fsp3) is 0.469. The Kier molecular flexibility index (Phi) is 18.8. The molecule has 2 fully saturated rings. The van der Waals surface area contributed by atoms with Crippen LogP contribution in [0.3, 0.4) is 0 Å². The maximum atomic E-state index is 12.3. The number of likely N-dealkylation sites (tertiary alicyclic amines) is 2. The van der Waals surface area contributed by atoms with Crippen LogP contribution in [0.2, 0.25) is 0 Å². The number of nitrogens with two attached hydrogens (primary N) is 1. The second kappa shape index (κ2) is 23.7. The molecular weight excluding hydrogens is 711 g/mol. The lowest BCUT2D eigenvalue weighted by Gasteiger charge is -2.32. The molecule has 4 aromatic rings. The molecule has 2 heterocycles. The molecule has 8 nitrogen and oxygen atoms in total. The monoisotopic (exact) mass is 778 g/mol. The second-order valence-electron chi connectivity index (χ2n) is 16.3. The van der Waals surface area contributed by atoms with Gasteiger partial charge in [-0.3, -0.25) is 14.6 Å². The summed E-state index contributed by atoms with van der Waals surface area (Å²) in [4.78, 5) is 27.6. The zero-order valence-corrected chi connectivity index (χ0v) is 35.3. The molecule has 0 aliphatic carbocycles. The normalized spacial score (nSPS) is 15.3. The van der Waals surface area contributed by atoms with E-state index in [0.717, 1.165) is 70.7 Å². The Balaban J connectivity index is 0.000000209. The SMILES string of the molecule is CC(C)c1ccc(OCC(=O)O)cc1.Cc1ccccc1CN1CCC(CC(=O)COc2ccc(C(C)C)cc2)CC1.Cc1ccccc1CN1CCC(N)CC1. The fourth-order valence-corrected chi connectivity index (χ4v) is 7.10. The number of nitrogens with zero attached hydrogens (tertiary/aromatic N) is 2. The van der Waals surface area contributed by atoms with Gasteiger partial charge in [-0.25, -0.2) is 4.79 Å². The maximum absolute atomic E-state index is 12.3. The van der Waals surface area contributed by atoms with Crippen molar-refractivity contribution in [2.24, 2.45) is 11.7 Å². The van der Waals surface area contributed by atoms with E-state index in [1.165, 1.54) is 33.4 Å². The highest BCUT2D eigenvalue weighted by molar-refractivity contribution is 5.80. The molecule has 0 bridgehead atoms. The molecule has 6 rings (SSSR count). The number of benzene rings is 4. The highest BCUT2D eigenvalue weighted by Gasteiger charge is 2.22. The molecule has 0 amide bonds. The number of carboxylic acid groups (broad SMARTS) is 1. The number of carboxylic acids is 1. The number of ketones is 1. The fourth-order valence-electron chi connectivity index (χ4n) is 7.10. The summed E-state index contributed by atoms with van der Waals surface area (Å²) >= 11 is 0. The van der Waals surface area contributed by atoms with E-state index in [4.69, 9.17) is 20.3 Å². The number of aliphatic carboxylic acids is 1. The molecule has 308 valence electrons. The zero-order valence-electron chi connectivity index (χ0n) is 35.3. The summed E-state index contributed by atoms with van der Waals surface area (Å²) in [6.45, 7) is 19.4. The third-order valence-electron chi connectivity index (χ3n) is 11.0. The Bertz CT molecular complexity index is 1770. The standard InChI is InChI=1S/C25H33NO2.C13H20N2.C11H14O3/c1-19(2)22-8-10-25(11-9-22)28-18-24(27)16-21-12-14-26(15-13-21)17-23-7-5-4-6-20(23)3;1-11-4-2-3-5-12(11)10-15-8-6-13(14)7-9-15;1-8(2)9-3-5-10(6-4-9)14-7-11(12)13/h4-11,19,21H,12-18H2,1-3H3;2-5,13H,6-10,14H2,1H3;3-6,8H,7H2,1-2H3,(H,12,13). The summed E-state index contributed by atoms with van der Waals surface area (Å²) in [5.41, 5.74) is 14.0. The summed E-state index contributed by atoms with van der Waals surface area (Å²) in [6, 6.07) is 33.2. The van der Waals surface area contributed by atoms with Crippen LogP contribution in [0.25, 0.3) is 0 Å². The van der Waals surface area contributed by atoms with Crippen molar-refractivity contribution >= 4 is 11.8 Å². The van der Waals surface area contributed by atoms with Gasteiger partial charge in [-0.05, 0) is 141 Å². The highest BCUT2D eigenvalue weighted by Crippen LogP contribution is 2.24. The molecule has 2 aliphatic heterocycles. The van der Waals surface area contributed by atoms with Gasteiger partial charge in [0, 0.05) is 25.6 Å². The van der Waals surface area contributed by atoms with Gasteiger partial charge in [-0.1, -0.05) is 100 Å². The number of hydrogen-bond acceptors (Lipinski definition) is 7. The molecule has 2 saturated heterocycles. The van der Waals surface area contributed by atoms with Gasteiger partial charge in [0.2, 0.25) is 0 Å². The van der Waals surface area contributed by atoms with Gasteiger partial charge < -0.3 is 20.3 Å². The van der Waals surface area contributed by atoms with Gasteiger partial charge >= 0.3 is 5.97 Å². The van der Waals surface area contributed by atoms with Crippen LogP contribution in [0.4, 0.5) is 0 Å². The van der Waals surface area contributed by atoms with Crippen molar-refractivity contribution in [3.8, 4) is 11.5 Å². The third-order valence-corrected chi connectivity index (χ3v) is 11.0. The number of rotatable bonds is 14. The van der Waals surface area contributed by atoms with E-state index in [0.29, 0.717) is 36.0 Å². The number of hydrogen-bond donors (Lipinski definition) is 2. The Morgan fingerprint density at radius 2 is 1.04 bits per heavy atom. The summed E-state index contributed by atoms with van der Waals surface area (Å²) in [5, 5.41) is 8.39. The van der Waals surface area contributed by atoms with Gasteiger partial charge in [-0.2, -0.15) is 0 Å². The van der Waals surface area contributed by atoms with Crippen molar-refractivity contribution in [3.05, 3.63) is 130 Å². The van der Waals surface area contributed by atoms with Crippen LogP contribution in [0.1, 0.15) is 105 Å². The predicted molar refractivity (Wildman–Crippen MR) is 232 cm³/mol. The highest BCUT2D eigenvalue weighted by atomic mass is 16.5. The van der Waals surface area contributed by atoms with Gasteiger partial charge in [0.05, 0.1) is 0 Å². The number of piperidine rings is 2. The number of Topliss-reactive ketones (excluding diaryl/α,β-unsaturated/α-hetero) is 1. The van der Waals surface area contributed by atoms with Crippen molar-refractivity contribution in [2.45, 2.75) is 105 Å². The summed E-state index contributed by atoms with van der Waals surface area (Å²) in [5.74, 6) is 2.11. The quantitative estimate of drug-likeness (QED) is 0.131. The van der Waals surface area contributed by atoms with E-state index in [1.807, 2.05) is 24.3 Å². The van der Waals surface area contributed by atoms with Crippen LogP contribution < -0.4 is 15.2 Å². The van der Waals surface area contributed by atoms with Crippen LogP contribution in [0, 0.1) is 19.8 Å². The lowest BCUT2D eigenvalue weighted by Crippen LogP contribution is -2.39. The summed E-state index contributed by atoms with van der Waals surface area (Å²) in [7, 11) is 0. The minimum absolute atomic E-state index is 0.185. The molecule has 0 saturated carbocycles. The molecule has 4 aromatic carbocycles. The van der Waals surface area contributed by atoms with Crippen molar-refractivity contribution in [1.29, 1.82) is 0 Å². The van der Waals surface area contributed by atoms with Crippen molar-refractivity contribution < 1.29 is 24.2 Å². The molecule has 0 atom stereocenters. The minimum atomic E-state index is -0.960. The van der Waals surface area contributed by atoms with E-state index in [2.05, 4.69) is 112 Å². The van der Waals surface area contributed by atoms with Crippen molar-refractivity contribution in [2.75, 3.05) is 39.4 Å². The first-order valence-electron chi connectivity index (χ1n) is 20.8. The van der Waals surface area contributed by atoms with Gasteiger partial charge in [0.15, 0.2) is 12.4 Å². The average molecular weight is 778 g/mol. The molecule has 0 aromatic heterocycles. The average Bonchev–Trinajstić information content (AvgIpc) is 3.20. The molecular formula is C49H67N3O5. The van der Waals surface area contributed by atoms with Gasteiger partial charge in [0.25, 0.3) is 0 Å². The third kappa shape index (κ3) is 16.5. The lowest BCUT2D eigenvalue weighted by atomic mass is 9.91. The Morgan fingerprint density at radius 3 is 1.44 bits per heavy atom. The molecule has 0 spiro atoms. The largest absolute Gasteiger partial charge is 0.486 e. The van der Waals surface area contributed by atoms with Crippen LogP contribution in [-0.4, -0.2) is 72.1 Å². The minimum Gasteiger partial charge on any atom is -0.486 e. The van der Waals surface area contributed by atoms with Gasteiger partial charge in [0.1, 0.15) is 18.1 Å². The van der Waals surface area contributed by atoms with Crippen LogP contribution >= 0.6 is 0 Å². The first-order chi connectivity index (χ1) is 27.4. The molecule has 57 heavy (non-hydrogen) atoms. The van der Waals surface area contributed by atoms with E-state index in [-0.39, 0.29) is 19.0 Å². The molecule has 0 radical (unpaired) electrons. The predicted octanol–water partition coefficient (Wildman–Crippen LogP) is 9.56. The topological polar surface area (TPSA) is 105 Å². The molecule has 8 heteroatoms. The number of carbonyl (C=O) groups is 2. The summed E-state index contributed by atoms with van der Waals surface area (Å²) < 4.78 is 10.7. The first kappa shape index (κ1) is 45.2. The Morgan fingerprint density at radius 1 is 0.632 bits per heavy atom. The molecule has 0 unspecified atom stereocenters. The smallest absolute Gasteiger partial charge is 0.341 e. The van der Waals surface area contributed by atoms with E-state index >= 15 is 0 Å². The Hall–Kier alpha value is -4.50. The van der Waals surface area contributed by atoms with E-state index in [1.54, 1.807) is 12.1 Å². The van der Waals surface area contributed by atoms with Crippen molar-refractivity contribution in [1.82, 2.24) is 9.80 Å². The van der Waals surface area contributed by atoms with E-state index in [9.17, 15) is 9.59 Å². The maximum Gasteiger partial charge on any atom is 0.341 e. The van der Waals surface area contributed by atoms with Crippen LogP contribution in [0.15, 0.2) is 97.1 Å². The number of aryl methyl sites for hydroxylation is 2. The van der Waals surface area contributed by atoms with Crippen molar-refractivity contribution in [3.63, 3.8) is 0 Å². The lowest BCUT2D eigenvalue weighted by molar-refractivity contribution is -0.139. The van der Waals surface area contributed by atoms with Crippen LogP contribution in [-0.2, 0) is 22.7 Å². The number of ether oxygens (including phenoxy) is 2. The van der Waals surface area contributed by atoms with E-state index < -0.39 is 5.97 Å². The zero-order chi connectivity index (χ0) is 41.2. The molecule has 3 N–H and O–H groups in total. The Labute approximate surface area is 342 Å².